The molecule has 4 nitrogen and oxygen atoms in total. The summed E-state index contributed by atoms with van der Waals surface area (Å²) in [6.07, 6.45) is 5.20. The van der Waals surface area contributed by atoms with E-state index >= 15 is 0 Å². The molecule has 0 radical (unpaired) electrons. The average Bonchev–Trinajstić information content (AvgIpc) is 2.63. The first-order chi connectivity index (χ1) is 12.4. The Labute approximate surface area is 156 Å². The van der Waals surface area contributed by atoms with Gasteiger partial charge in [0.2, 0.25) is 0 Å². The monoisotopic (exact) mass is 356 g/mol. The van der Waals surface area contributed by atoms with Crippen LogP contribution < -0.4 is 14.2 Å². The number of benzene rings is 2. The summed E-state index contributed by atoms with van der Waals surface area (Å²) in [5.74, 6) is 1.99. The van der Waals surface area contributed by atoms with Crippen LogP contribution in [-0.4, -0.2) is 32.0 Å². The molecule has 0 amide bonds. The Morgan fingerprint density at radius 1 is 0.923 bits per heavy atom. The molecule has 2 rings (SSSR count). The van der Waals surface area contributed by atoms with Crippen LogP contribution in [0.2, 0.25) is 0 Å². The summed E-state index contributed by atoms with van der Waals surface area (Å²) in [5.41, 5.74) is 2.09. The van der Waals surface area contributed by atoms with Crippen LogP contribution in [0, 0.1) is 0 Å². The van der Waals surface area contributed by atoms with E-state index in [0.717, 1.165) is 24.0 Å². The van der Waals surface area contributed by atoms with Crippen LogP contribution in [0.4, 0.5) is 0 Å². The molecule has 0 spiro atoms. The third-order valence-electron chi connectivity index (χ3n) is 4.13. The fourth-order valence-electron chi connectivity index (χ4n) is 2.83. The number of aliphatic hydroxyl groups is 1. The molecule has 0 fully saturated rings. The number of aryl methyl sites for hydroxylation is 2. The van der Waals surface area contributed by atoms with Crippen LogP contribution in [0.5, 0.6) is 17.2 Å². The Kier molecular flexibility index (Phi) is 6.70. The highest BCUT2D eigenvalue weighted by atomic mass is 16.5. The number of rotatable bonds is 8. The molecule has 26 heavy (non-hydrogen) atoms. The summed E-state index contributed by atoms with van der Waals surface area (Å²) in [6, 6.07) is 12.3. The highest BCUT2D eigenvalue weighted by Gasteiger charge is 2.20. The Morgan fingerprint density at radius 3 is 2.12 bits per heavy atom. The topological polar surface area (TPSA) is 47.9 Å². The maximum absolute atomic E-state index is 10.00. The van der Waals surface area contributed by atoms with E-state index in [1.807, 2.05) is 24.3 Å². The van der Waals surface area contributed by atoms with Crippen LogP contribution in [0.1, 0.15) is 30.5 Å². The SMILES string of the molecule is COc1cc(CCc2ccccc2)c(OC)c(OC)c1C=CC(C)(C)O. The van der Waals surface area contributed by atoms with Gasteiger partial charge < -0.3 is 19.3 Å². The molecule has 0 aromatic heterocycles. The van der Waals surface area contributed by atoms with Crippen molar-refractivity contribution in [2.75, 3.05) is 21.3 Å². The molecule has 0 unspecified atom stereocenters. The van der Waals surface area contributed by atoms with E-state index in [4.69, 9.17) is 14.2 Å². The summed E-state index contributed by atoms with van der Waals surface area (Å²) in [5, 5.41) is 10.00. The van der Waals surface area contributed by atoms with Crippen molar-refractivity contribution >= 4 is 6.08 Å². The van der Waals surface area contributed by atoms with E-state index in [1.54, 1.807) is 47.3 Å². The van der Waals surface area contributed by atoms with E-state index in [1.165, 1.54) is 5.56 Å². The Hall–Kier alpha value is -2.46. The molecule has 0 aliphatic rings. The summed E-state index contributed by atoms with van der Waals surface area (Å²) >= 11 is 0. The summed E-state index contributed by atoms with van der Waals surface area (Å²) in [6.45, 7) is 3.43. The van der Waals surface area contributed by atoms with Crippen molar-refractivity contribution in [3.05, 3.63) is 59.2 Å². The molecule has 140 valence electrons. The largest absolute Gasteiger partial charge is 0.496 e. The molecule has 0 bridgehead atoms. The highest BCUT2D eigenvalue weighted by Crippen LogP contribution is 2.42. The van der Waals surface area contributed by atoms with E-state index in [0.29, 0.717) is 17.2 Å². The normalized spacial score (nSPS) is 11.6. The minimum absolute atomic E-state index is 0.607. The molecule has 0 heterocycles. The van der Waals surface area contributed by atoms with Gasteiger partial charge in [0.05, 0.1) is 32.5 Å². The first-order valence-electron chi connectivity index (χ1n) is 8.67. The van der Waals surface area contributed by atoms with Crippen molar-refractivity contribution in [2.45, 2.75) is 32.3 Å². The quantitative estimate of drug-likeness (QED) is 0.767. The first kappa shape index (κ1) is 19.9. The van der Waals surface area contributed by atoms with Gasteiger partial charge in [-0.1, -0.05) is 36.4 Å². The minimum atomic E-state index is -0.935. The Balaban J connectivity index is 2.44. The molecule has 0 saturated carbocycles. The van der Waals surface area contributed by atoms with Gasteiger partial charge in [-0.2, -0.15) is 0 Å². The van der Waals surface area contributed by atoms with Gasteiger partial charge >= 0.3 is 0 Å². The van der Waals surface area contributed by atoms with Crippen molar-refractivity contribution in [3.8, 4) is 17.2 Å². The molecule has 2 aromatic carbocycles. The number of methoxy groups -OCH3 is 3. The van der Waals surface area contributed by atoms with Crippen molar-refractivity contribution < 1.29 is 19.3 Å². The lowest BCUT2D eigenvalue weighted by Crippen LogP contribution is -2.13. The zero-order chi connectivity index (χ0) is 19.2. The first-order valence-corrected chi connectivity index (χ1v) is 8.67. The summed E-state index contributed by atoms with van der Waals surface area (Å²) in [4.78, 5) is 0. The second kappa shape index (κ2) is 8.77. The maximum atomic E-state index is 10.00. The van der Waals surface area contributed by atoms with E-state index in [-0.39, 0.29) is 0 Å². The zero-order valence-corrected chi connectivity index (χ0v) is 16.2. The van der Waals surface area contributed by atoms with E-state index in [2.05, 4.69) is 12.1 Å². The molecule has 2 aromatic rings. The molecule has 4 heteroatoms. The lowest BCUT2D eigenvalue weighted by molar-refractivity contribution is 0.134. The average molecular weight is 356 g/mol. The van der Waals surface area contributed by atoms with Crippen LogP contribution in [0.15, 0.2) is 42.5 Å². The predicted octanol–water partition coefficient (Wildman–Crippen LogP) is 4.28. The van der Waals surface area contributed by atoms with Crippen molar-refractivity contribution in [1.29, 1.82) is 0 Å². The third kappa shape index (κ3) is 5.02. The van der Waals surface area contributed by atoms with Gasteiger partial charge in [-0.05, 0) is 44.4 Å². The second-order valence-corrected chi connectivity index (χ2v) is 6.69. The van der Waals surface area contributed by atoms with E-state index < -0.39 is 5.60 Å². The van der Waals surface area contributed by atoms with Crippen molar-refractivity contribution in [1.82, 2.24) is 0 Å². The van der Waals surface area contributed by atoms with Crippen molar-refractivity contribution in [2.24, 2.45) is 0 Å². The smallest absolute Gasteiger partial charge is 0.171 e. The molecule has 0 aliphatic heterocycles. The molecular formula is C22H28O4. The van der Waals surface area contributed by atoms with Crippen molar-refractivity contribution in [3.63, 3.8) is 0 Å². The fraction of sp³-hybridized carbons (Fsp3) is 0.364. The standard InChI is InChI=1S/C22H28O4/c1-22(2,23)14-13-18-19(24-3)15-17(20(25-4)21(18)26-5)12-11-16-9-7-6-8-10-16/h6-10,13-15,23H,11-12H2,1-5H3. The Bertz CT molecular complexity index is 743. The molecular weight excluding hydrogens is 328 g/mol. The van der Waals surface area contributed by atoms with Crippen LogP contribution in [-0.2, 0) is 12.8 Å². The molecule has 0 saturated heterocycles. The molecule has 0 aliphatic carbocycles. The van der Waals surface area contributed by atoms with Gasteiger partial charge in [0.1, 0.15) is 5.75 Å². The lowest BCUT2D eigenvalue weighted by atomic mass is 9.99. The summed E-state index contributed by atoms with van der Waals surface area (Å²) < 4.78 is 16.9. The van der Waals surface area contributed by atoms with E-state index in [9.17, 15) is 5.11 Å². The van der Waals surface area contributed by atoms with Gasteiger partial charge in [-0.25, -0.2) is 0 Å². The molecule has 0 atom stereocenters. The fourth-order valence-corrected chi connectivity index (χ4v) is 2.83. The summed E-state index contributed by atoms with van der Waals surface area (Å²) in [7, 11) is 4.88. The number of hydrogen-bond acceptors (Lipinski definition) is 4. The second-order valence-electron chi connectivity index (χ2n) is 6.69. The van der Waals surface area contributed by atoms with Crippen LogP contribution in [0.3, 0.4) is 0 Å². The van der Waals surface area contributed by atoms with Gasteiger partial charge in [0.15, 0.2) is 11.5 Å². The third-order valence-corrected chi connectivity index (χ3v) is 4.13. The lowest BCUT2D eigenvalue weighted by Gasteiger charge is -2.19. The number of hydrogen-bond donors (Lipinski definition) is 1. The van der Waals surface area contributed by atoms with Gasteiger partial charge in [-0.3, -0.25) is 0 Å². The predicted molar refractivity (Wildman–Crippen MR) is 105 cm³/mol. The van der Waals surface area contributed by atoms with Gasteiger partial charge in [0.25, 0.3) is 0 Å². The van der Waals surface area contributed by atoms with Gasteiger partial charge in [-0.15, -0.1) is 0 Å². The van der Waals surface area contributed by atoms with Gasteiger partial charge in [0, 0.05) is 5.56 Å². The molecule has 1 N–H and O–H groups in total. The zero-order valence-electron chi connectivity index (χ0n) is 16.2. The van der Waals surface area contributed by atoms with Crippen LogP contribution in [0.25, 0.3) is 6.08 Å². The Morgan fingerprint density at radius 2 is 1.58 bits per heavy atom. The highest BCUT2D eigenvalue weighted by molar-refractivity contribution is 5.71. The minimum Gasteiger partial charge on any atom is -0.496 e. The maximum Gasteiger partial charge on any atom is 0.171 e. The van der Waals surface area contributed by atoms with Crippen LogP contribution >= 0.6 is 0 Å². The number of ether oxygens (including phenoxy) is 3.